The zero-order valence-corrected chi connectivity index (χ0v) is 15.3. The number of aromatic amines is 2. The SMILES string of the molecule is O=C(c1cnc2[nH]c(=O)[nH]c(=O)c2c1)N1CC(c2ccccc2)c2ccccc21. The number of rotatable bonds is 2. The summed E-state index contributed by atoms with van der Waals surface area (Å²) in [6.07, 6.45) is 1.39. The fraction of sp³-hybridized carbons (Fsp3) is 0.0909. The molecule has 29 heavy (non-hydrogen) atoms. The van der Waals surface area contributed by atoms with E-state index in [4.69, 9.17) is 0 Å². The lowest BCUT2D eigenvalue weighted by Gasteiger charge is -2.18. The van der Waals surface area contributed by atoms with Crippen molar-refractivity contribution in [1.29, 1.82) is 0 Å². The molecule has 2 aromatic heterocycles. The molecule has 7 nitrogen and oxygen atoms in total. The van der Waals surface area contributed by atoms with Gasteiger partial charge >= 0.3 is 5.69 Å². The van der Waals surface area contributed by atoms with Gasteiger partial charge in [0.05, 0.1) is 10.9 Å². The molecule has 0 aliphatic carbocycles. The number of fused-ring (bicyclic) bond motifs is 2. The summed E-state index contributed by atoms with van der Waals surface area (Å²) in [5.74, 6) is -0.166. The van der Waals surface area contributed by atoms with Gasteiger partial charge in [0.1, 0.15) is 5.65 Å². The molecule has 3 heterocycles. The molecule has 4 aromatic rings. The number of aromatic nitrogens is 3. The van der Waals surface area contributed by atoms with Gasteiger partial charge in [-0.25, -0.2) is 9.78 Å². The number of hydrogen-bond donors (Lipinski definition) is 2. The molecular weight excluding hydrogens is 368 g/mol. The van der Waals surface area contributed by atoms with Gasteiger partial charge in [-0.05, 0) is 23.3 Å². The van der Waals surface area contributed by atoms with E-state index >= 15 is 0 Å². The smallest absolute Gasteiger partial charge is 0.307 e. The van der Waals surface area contributed by atoms with Crippen molar-refractivity contribution in [2.24, 2.45) is 0 Å². The minimum atomic E-state index is -0.631. The Bertz CT molecular complexity index is 1360. The van der Waals surface area contributed by atoms with Crippen LogP contribution in [0.3, 0.4) is 0 Å². The van der Waals surface area contributed by atoms with E-state index < -0.39 is 11.2 Å². The van der Waals surface area contributed by atoms with Crippen molar-refractivity contribution in [3.05, 3.63) is 104 Å². The third kappa shape index (κ3) is 2.84. The first-order chi connectivity index (χ1) is 14.1. The topological polar surface area (TPSA) is 98.9 Å². The highest BCUT2D eigenvalue weighted by Crippen LogP contribution is 2.40. The number of nitrogens with one attached hydrogen (secondary N) is 2. The van der Waals surface area contributed by atoms with E-state index in [1.165, 1.54) is 12.3 Å². The summed E-state index contributed by atoms with van der Waals surface area (Å²) in [7, 11) is 0. The lowest BCUT2D eigenvalue weighted by Crippen LogP contribution is -2.30. The normalized spacial score (nSPS) is 15.4. The van der Waals surface area contributed by atoms with Crippen molar-refractivity contribution in [1.82, 2.24) is 15.0 Å². The van der Waals surface area contributed by atoms with E-state index in [1.807, 2.05) is 42.5 Å². The van der Waals surface area contributed by atoms with Crippen molar-refractivity contribution in [3.8, 4) is 0 Å². The van der Waals surface area contributed by atoms with E-state index in [9.17, 15) is 14.4 Å². The van der Waals surface area contributed by atoms with Gasteiger partial charge in [0.25, 0.3) is 11.5 Å². The summed E-state index contributed by atoms with van der Waals surface area (Å²) < 4.78 is 0. The highest BCUT2D eigenvalue weighted by Gasteiger charge is 2.33. The Morgan fingerprint density at radius 1 is 1.00 bits per heavy atom. The number of nitrogens with zero attached hydrogens (tertiary/aromatic N) is 2. The van der Waals surface area contributed by atoms with Crippen LogP contribution in [0.1, 0.15) is 27.4 Å². The van der Waals surface area contributed by atoms with Crippen molar-refractivity contribution in [2.75, 3.05) is 11.4 Å². The van der Waals surface area contributed by atoms with Crippen LogP contribution in [0, 0.1) is 0 Å². The Kier molecular flexibility index (Phi) is 3.87. The van der Waals surface area contributed by atoms with Crippen LogP contribution in [-0.2, 0) is 0 Å². The minimum Gasteiger partial charge on any atom is -0.307 e. The van der Waals surface area contributed by atoms with E-state index in [0.717, 1.165) is 16.8 Å². The standard InChI is InChI=1S/C22H16N4O3/c27-20-16-10-14(11-23-19(16)24-22(29)25-20)21(28)26-12-17(13-6-2-1-3-7-13)15-8-4-5-9-18(15)26/h1-11,17H,12H2,(H2,23,24,25,27,29). The molecule has 0 fully saturated rings. The molecule has 5 rings (SSSR count). The number of amides is 1. The molecule has 0 radical (unpaired) electrons. The van der Waals surface area contributed by atoms with Gasteiger partial charge in [-0.3, -0.25) is 19.6 Å². The maximum Gasteiger partial charge on any atom is 0.327 e. The molecule has 142 valence electrons. The number of benzene rings is 2. The summed E-state index contributed by atoms with van der Waals surface area (Å²) in [6.45, 7) is 0.502. The second-order valence-corrected chi connectivity index (χ2v) is 6.97. The Morgan fingerprint density at radius 2 is 1.76 bits per heavy atom. The van der Waals surface area contributed by atoms with Crippen molar-refractivity contribution >= 4 is 22.6 Å². The van der Waals surface area contributed by atoms with Gasteiger partial charge in [-0.2, -0.15) is 0 Å². The van der Waals surface area contributed by atoms with Crippen LogP contribution in [0.5, 0.6) is 0 Å². The quantitative estimate of drug-likeness (QED) is 0.554. The molecule has 1 aliphatic rings. The summed E-state index contributed by atoms with van der Waals surface area (Å²) in [4.78, 5) is 47.3. The number of pyridine rings is 1. The van der Waals surface area contributed by atoms with E-state index in [-0.39, 0.29) is 22.9 Å². The van der Waals surface area contributed by atoms with Gasteiger partial charge in [-0.15, -0.1) is 0 Å². The molecule has 0 spiro atoms. The Hall–Kier alpha value is -4.00. The lowest BCUT2D eigenvalue weighted by molar-refractivity contribution is 0.0988. The average Bonchev–Trinajstić information content (AvgIpc) is 3.13. The highest BCUT2D eigenvalue weighted by atomic mass is 16.2. The number of para-hydroxylation sites is 1. The van der Waals surface area contributed by atoms with Crippen molar-refractivity contribution in [3.63, 3.8) is 0 Å². The second kappa shape index (κ2) is 6.56. The molecule has 0 bridgehead atoms. The van der Waals surface area contributed by atoms with Crippen LogP contribution < -0.4 is 16.1 Å². The third-order valence-corrected chi connectivity index (χ3v) is 5.25. The molecule has 2 N–H and O–H groups in total. The number of H-pyrrole nitrogens is 2. The van der Waals surface area contributed by atoms with Crippen molar-refractivity contribution in [2.45, 2.75) is 5.92 Å². The average molecular weight is 384 g/mol. The molecule has 1 unspecified atom stereocenters. The largest absolute Gasteiger partial charge is 0.327 e. The predicted octanol–water partition coefficient (Wildman–Crippen LogP) is 2.40. The molecule has 1 amide bonds. The monoisotopic (exact) mass is 384 g/mol. The van der Waals surface area contributed by atoms with Gasteiger partial charge in [0, 0.05) is 24.3 Å². The first-order valence-corrected chi connectivity index (χ1v) is 9.20. The first kappa shape index (κ1) is 17.1. The van der Waals surface area contributed by atoms with Crippen molar-refractivity contribution < 1.29 is 4.79 Å². The zero-order valence-electron chi connectivity index (χ0n) is 15.3. The molecule has 0 saturated carbocycles. The van der Waals surface area contributed by atoms with Gasteiger partial charge in [0.15, 0.2) is 0 Å². The number of carbonyl (C=O) groups excluding carboxylic acids is 1. The van der Waals surface area contributed by atoms with E-state index in [0.29, 0.717) is 12.1 Å². The fourth-order valence-electron chi connectivity index (χ4n) is 3.89. The molecule has 7 heteroatoms. The lowest BCUT2D eigenvalue weighted by atomic mass is 9.93. The summed E-state index contributed by atoms with van der Waals surface area (Å²) in [5, 5.41) is 0.169. The van der Waals surface area contributed by atoms with Crippen LogP contribution in [0.15, 0.2) is 76.4 Å². The first-order valence-electron chi connectivity index (χ1n) is 9.20. The number of anilines is 1. The predicted molar refractivity (Wildman–Crippen MR) is 109 cm³/mol. The summed E-state index contributed by atoms with van der Waals surface area (Å²) in [5.41, 5.74) is 2.31. The molecule has 0 saturated heterocycles. The molecule has 2 aromatic carbocycles. The summed E-state index contributed by atoms with van der Waals surface area (Å²) in [6, 6.07) is 19.4. The Balaban J connectivity index is 1.57. The third-order valence-electron chi connectivity index (χ3n) is 5.25. The number of hydrogen-bond acceptors (Lipinski definition) is 4. The van der Waals surface area contributed by atoms with Gasteiger partial charge in [-0.1, -0.05) is 48.5 Å². The maximum absolute atomic E-state index is 13.3. The second-order valence-electron chi connectivity index (χ2n) is 6.97. The number of carbonyl (C=O) groups is 1. The highest BCUT2D eigenvalue weighted by molar-refractivity contribution is 6.08. The molecule has 1 atom stereocenters. The summed E-state index contributed by atoms with van der Waals surface area (Å²) >= 11 is 0. The van der Waals surface area contributed by atoms with E-state index in [2.05, 4.69) is 27.1 Å². The zero-order chi connectivity index (χ0) is 20.0. The van der Waals surface area contributed by atoms with Gasteiger partial charge in [0.2, 0.25) is 0 Å². The molecule has 1 aliphatic heterocycles. The fourth-order valence-corrected chi connectivity index (χ4v) is 3.89. The minimum absolute atomic E-state index is 0.0736. The van der Waals surface area contributed by atoms with Crippen LogP contribution in [0.4, 0.5) is 5.69 Å². The Labute approximate surface area is 164 Å². The van der Waals surface area contributed by atoms with Crippen LogP contribution in [0.25, 0.3) is 11.0 Å². The van der Waals surface area contributed by atoms with Gasteiger partial charge < -0.3 is 4.90 Å². The molecular formula is C22H16N4O3. The van der Waals surface area contributed by atoms with Crippen LogP contribution in [-0.4, -0.2) is 27.4 Å². The van der Waals surface area contributed by atoms with E-state index in [1.54, 1.807) is 4.90 Å². The Morgan fingerprint density at radius 3 is 2.59 bits per heavy atom. The maximum atomic E-state index is 13.3. The van der Waals surface area contributed by atoms with Crippen LogP contribution in [0.2, 0.25) is 0 Å². The van der Waals surface area contributed by atoms with Crippen LogP contribution >= 0.6 is 0 Å².